The van der Waals surface area contributed by atoms with Crippen molar-refractivity contribution in [1.82, 2.24) is 10.2 Å². The minimum Gasteiger partial charge on any atom is -0.465 e. The van der Waals surface area contributed by atoms with Crippen LogP contribution >= 0.6 is 0 Å². The van der Waals surface area contributed by atoms with Crippen molar-refractivity contribution in [3.63, 3.8) is 0 Å². The van der Waals surface area contributed by atoms with Gasteiger partial charge in [-0.1, -0.05) is 0 Å². The molecule has 0 aromatic heterocycles. The van der Waals surface area contributed by atoms with Gasteiger partial charge in [-0.3, -0.25) is 4.90 Å². The fourth-order valence-electron chi connectivity index (χ4n) is 3.35. The van der Waals surface area contributed by atoms with Gasteiger partial charge in [0, 0.05) is 19.6 Å². The summed E-state index contributed by atoms with van der Waals surface area (Å²) >= 11 is 0. The highest BCUT2D eigenvalue weighted by molar-refractivity contribution is 5.82. The number of morpholine rings is 1. The zero-order chi connectivity index (χ0) is 14.8. The molecule has 2 aliphatic rings. The number of nitrogens with zero attached hydrogens (tertiary/aromatic N) is 1. The zero-order valence-electron chi connectivity index (χ0n) is 13.1. The second kappa shape index (κ2) is 6.41. The van der Waals surface area contributed by atoms with Crippen LogP contribution in [0.2, 0.25) is 0 Å². The highest BCUT2D eigenvalue weighted by Crippen LogP contribution is 2.41. The number of esters is 1. The molecule has 0 bridgehead atoms. The number of carbonyl (C=O) groups excluding carboxylic acids is 1. The van der Waals surface area contributed by atoms with E-state index in [1.165, 1.54) is 0 Å². The van der Waals surface area contributed by atoms with E-state index in [1.807, 2.05) is 14.0 Å². The molecule has 0 aromatic rings. The molecule has 2 rings (SSSR count). The van der Waals surface area contributed by atoms with Gasteiger partial charge in [0.1, 0.15) is 5.54 Å². The Morgan fingerprint density at radius 1 is 1.35 bits per heavy atom. The predicted octanol–water partition coefficient (Wildman–Crippen LogP) is 1.03. The number of hydrogen-bond donors (Lipinski definition) is 1. The fraction of sp³-hybridized carbons (Fsp3) is 0.933. The number of rotatable bonds is 6. The molecule has 3 atom stereocenters. The smallest absolute Gasteiger partial charge is 0.327 e. The van der Waals surface area contributed by atoms with Crippen LogP contribution in [0.25, 0.3) is 0 Å². The SMILES string of the molecule is CCOC(=O)C(CN1CC(C)OC(C)C1)(NC)C1CC1. The lowest BCUT2D eigenvalue weighted by molar-refractivity contribution is -0.155. The zero-order valence-corrected chi connectivity index (χ0v) is 13.1. The van der Waals surface area contributed by atoms with Gasteiger partial charge < -0.3 is 14.8 Å². The number of ether oxygens (including phenoxy) is 2. The quantitative estimate of drug-likeness (QED) is 0.738. The van der Waals surface area contributed by atoms with Crippen molar-refractivity contribution in [3.8, 4) is 0 Å². The van der Waals surface area contributed by atoms with Crippen LogP contribution in [0.1, 0.15) is 33.6 Å². The molecule has 1 heterocycles. The number of hydrogen-bond acceptors (Lipinski definition) is 5. The first-order chi connectivity index (χ1) is 9.51. The Hall–Kier alpha value is -0.650. The molecule has 0 amide bonds. The summed E-state index contributed by atoms with van der Waals surface area (Å²) in [4.78, 5) is 14.8. The summed E-state index contributed by atoms with van der Waals surface area (Å²) in [5, 5.41) is 3.28. The van der Waals surface area contributed by atoms with Crippen molar-refractivity contribution in [2.24, 2.45) is 5.92 Å². The van der Waals surface area contributed by atoms with Crippen molar-refractivity contribution in [2.45, 2.75) is 51.4 Å². The Balaban J connectivity index is 2.09. The van der Waals surface area contributed by atoms with Crippen LogP contribution in [0.15, 0.2) is 0 Å². The number of nitrogens with one attached hydrogen (secondary N) is 1. The van der Waals surface area contributed by atoms with Crippen molar-refractivity contribution >= 4 is 5.97 Å². The molecule has 1 N–H and O–H groups in total. The molecule has 20 heavy (non-hydrogen) atoms. The third kappa shape index (κ3) is 3.32. The van der Waals surface area contributed by atoms with Gasteiger partial charge in [-0.05, 0) is 46.6 Å². The highest BCUT2D eigenvalue weighted by Gasteiger charge is 2.52. The van der Waals surface area contributed by atoms with Crippen molar-refractivity contribution in [1.29, 1.82) is 0 Å². The third-order valence-corrected chi connectivity index (χ3v) is 4.33. The van der Waals surface area contributed by atoms with E-state index in [1.54, 1.807) is 0 Å². The van der Waals surface area contributed by atoms with Gasteiger partial charge in [-0.25, -0.2) is 4.79 Å². The molecule has 5 heteroatoms. The summed E-state index contributed by atoms with van der Waals surface area (Å²) in [6.45, 7) is 8.94. The summed E-state index contributed by atoms with van der Waals surface area (Å²) in [5.41, 5.74) is -0.549. The van der Waals surface area contributed by atoms with Gasteiger partial charge in [0.05, 0.1) is 18.8 Å². The number of carbonyl (C=O) groups is 1. The summed E-state index contributed by atoms with van der Waals surface area (Å²) in [7, 11) is 1.88. The van der Waals surface area contributed by atoms with E-state index >= 15 is 0 Å². The van der Waals surface area contributed by atoms with Crippen LogP contribution in [-0.4, -0.2) is 61.9 Å². The van der Waals surface area contributed by atoms with E-state index in [0.717, 1.165) is 25.9 Å². The maximum Gasteiger partial charge on any atom is 0.327 e. The molecule has 116 valence electrons. The molecule has 0 spiro atoms. The Morgan fingerprint density at radius 3 is 2.40 bits per heavy atom. The second-order valence-corrected chi connectivity index (χ2v) is 6.17. The fourth-order valence-corrected chi connectivity index (χ4v) is 3.35. The molecule has 0 aromatic carbocycles. The molecule has 2 fully saturated rings. The van der Waals surface area contributed by atoms with E-state index < -0.39 is 5.54 Å². The average Bonchev–Trinajstić information content (AvgIpc) is 3.19. The lowest BCUT2D eigenvalue weighted by atomic mass is 9.92. The van der Waals surface area contributed by atoms with Crippen LogP contribution in [0.4, 0.5) is 0 Å². The van der Waals surface area contributed by atoms with Gasteiger partial charge >= 0.3 is 5.97 Å². The Kier molecular flexibility index (Phi) is 5.04. The molecule has 1 aliphatic heterocycles. The normalized spacial score (nSPS) is 30.8. The highest BCUT2D eigenvalue weighted by atomic mass is 16.5. The van der Waals surface area contributed by atoms with Gasteiger partial charge in [0.25, 0.3) is 0 Å². The maximum atomic E-state index is 12.5. The van der Waals surface area contributed by atoms with E-state index in [-0.39, 0.29) is 18.2 Å². The molecular weight excluding hydrogens is 256 g/mol. The van der Waals surface area contributed by atoms with Crippen molar-refractivity contribution in [3.05, 3.63) is 0 Å². The van der Waals surface area contributed by atoms with Crippen molar-refractivity contribution < 1.29 is 14.3 Å². The first-order valence-corrected chi connectivity index (χ1v) is 7.75. The third-order valence-electron chi connectivity index (χ3n) is 4.33. The Bertz CT molecular complexity index is 336. The monoisotopic (exact) mass is 284 g/mol. The second-order valence-electron chi connectivity index (χ2n) is 6.17. The van der Waals surface area contributed by atoms with Crippen LogP contribution in [-0.2, 0) is 14.3 Å². The molecule has 0 radical (unpaired) electrons. The minimum absolute atomic E-state index is 0.100. The van der Waals surface area contributed by atoms with E-state index in [0.29, 0.717) is 19.1 Å². The van der Waals surface area contributed by atoms with Gasteiger partial charge in [-0.2, -0.15) is 0 Å². The largest absolute Gasteiger partial charge is 0.465 e. The summed E-state index contributed by atoms with van der Waals surface area (Å²) in [5.74, 6) is 0.303. The first-order valence-electron chi connectivity index (χ1n) is 7.75. The lowest BCUT2D eigenvalue weighted by Gasteiger charge is -2.41. The summed E-state index contributed by atoms with van der Waals surface area (Å²) < 4.78 is 11.1. The molecular formula is C15H28N2O3. The van der Waals surface area contributed by atoms with E-state index in [4.69, 9.17) is 9.47 Å². The van der Waals surface area contributed by atoms with Crippen LogP contribution < -0.4 is 5.32 Å². The Morgan fingerprint density at radius 2 is 1.95 bits per heavy atom. The standard InChI is InChI=1S/C15H28N2O3/c1-5-19-14(18)15(16-4,13-6-7-13)10-17-8-11(2)20-12(3)9-17/h11-13,16H,5-10H2,1-4H3. The average molecular weight is 284 g/mol. The lowest BCUT2D eigenvalue weighted by Crippen LogP contribution is -2.62. The van der Waals surface area contributed by atoms with Crippen molar-refractivity contribution in [2.75, 3.05) is 33.3 Å². The maximum absolute atomic E-state index is 12.5. The van der Waals surface area contributed by atoms with Crippen LogP contribution in [0, 0.1) is 5.92 Å². The first kappa shape index (κ1) is 15.7. The molecule has 1 saturated heterocycles. The number of likely N-dealkylation sites (N-methyl/N-ethyl adjacent to an activating group) is 1. The topological polar surface area (TPSA) is 50.8 Å². The van der Waals surface area contributed by atoms with Gasteiger partial charge in [-0.15, -0.1) is 0 Å². The molecule has 5 nitrogen and oxygen atoms in total. The predicted molar refractivity (Wildman–Crippen MR) is 77.6 cm³/mol. The van der Waals surface area contributed by atoms with E-state index in [2.05, 4.69) is 24.1 Å². The van der Waals surface area contributed by atoms with E-state index in [9.17, 15) is 4.79 Å². The molecule has 1 saturated carbocycles. The Labute approximate surface area is 122 Å². The molecule has 3 unspecified atom stereocenters. The van der Waals surface area contributed by atoms with Gasteiger partial charge in [0.2, 0.25) is 0 Å². The molecule has 1 aliphatic carbocycles. The minimum atomic E-state index is -0.549. The van der Waals surface area contributed by atoms with Crippen LogP contribution in [0.5, 0.6) is 0 Å². The summed E-state index contributed by atoms with van der Waals surface area (Å²) in [6.07, 6.45) is 2.65. The summed E-state index contributed by atoms with van der Waals surface area (Å²) in [6, 6.07) is 0. The van der Waals surface area contributed by atoms with Gasteiger partial charge in [0.15, 0.2) is 0 Å². The van der Waals surface area contributed by atoms with Crippen LogP contribution in [0.3, 0.4) is 0 Å².